The number of ether oxygens (including phenoxy) is 3. The number of allylic oxidation sites excluding steroid dienone is 22. The molecule has 1 unspecified atom stereocenters. The van der Waals surface area contributed by atoms with E-state index in [1.165, 1.54) is 0 Å². The molecular formula is C55H84O6. The monoisotopic (exact) mass is 841 g/mol. The Morgan fingerprint density at radius 3 is 1.05 bits per heavy atom. The Kier molecular flexibility index (Phi) is 44.7. The first-order valence-corrected chi connectivity index (χ1v) is 23.7. The van der Waals surface area contributed by atoms with Crippen LogP contribution in [0.25, 0.3) is 0 Å². The summed E-state index contributed by atoms with van der Waals surface area (Å²) in [6.07, 6.45) is 67.6. The van der Waals surface area contributed by atoms with Gasteiger partial charge in [-0.2, -0.15) is 0 Å². The Hall–Kier alpha value is -4.45. The highest BCUT2D eigenvalue weighted by Crippen LogP contribution is 2.10. The van der Waals surface area contributed by atoms with Gasteiger partial charge in [0.05, 0.1) is 0 Å². The predicted molar refractivity (Wildman–Crippen MR) is 260 cm³/mol. The van der Waals surface area contributed by atoms with Crippen LogP contribution in [0.5, 0.6) is 0 Å². The van der Waals surface area contributed by atoms with Crippen molar-refractivity contribution in [2.75, 3.05) is 13.2 Å². The number of unbranched alkanes of at least 4 members (excludes halogenated alkanes) is 7. The maximum absolute atomic E-state index is 12.7. The van der Waals surface area contributed by atoms with E-state index in [0.29, 0.717) is 19.3 Å². The summed E-state index contributed by atoms with van der Waals surface area (Å²) in [5.74, 6) is -1.05. The summed E-state index contributed by atoms with van der Waals surface area (Å²) in [6, 6.07) is 0. The van der Waals surface area contributed by atoms with E-state index in [4.69, 9.17) is 14.2 Å². The minimum Gasteiger partial charge on any atom is -0.462 e. The first-order chi connectivity index (χ1) is 30.0. The summed E-state index contributed by atoms with van der Waals surface area (Å²) in [4.78, 5) is 37.5. The number of carbonyl (C=O) groups excluding carboxylic acids is 3. The van der Waals surface area contributed by atoms with Gasteiger partial charge >= 0.3 is 17.9 Å². The molecule has 340 valence electrons. The van der Waals surface area contributed by atoms with Crippen LogP contribution in [0.4, 0.5) is 0 Å². The summed E-state index contributed by atoms with van der Waals surface area (Å²) >= 11 is 0. The van der Waals surface area contributed by atoms with Crippen molar-refractivity contribution in [3.05, 3.63) is 134 Å². The molecular weight excluding hydrogens is 757 g/mol. The number of hydrogen-bond acceptors (Lipinski definition) is 6. The van der Waals surface area contributed by atoms with Crippen LogP contribution in [0.3, 0.4) is 0 Å². The molecule has 0 bridgehead atoms. The summed E-state index contributed by atoms with van der Waals surface area (Å²) in [5.41, 5.74) is 0. The Morgan fingerprint density at radius 2 is 0.656 bits per heavy atom. The first kappa shape index (κ1) is 56.5. The number of rotatable bonds is 40. The van der Waals surface area contributed by atoms with Crippen molar-refractivity contribution in [2.45, 2.75) is 181 Å². The van der Waals surface area contributed by atoms with Gasteiger partial charge in [0.25, 0.3) is 0 Å². The van der Waals surface area contributed by atoms with Crippen molar-refractivity contribution < 1.29 is 28.6 Å². The zero-order valence-electron chi connectivity index (χ0n) is 38.6. The summed E-state index contributed by atoms with van der Waals surface area (Å²) in [7, 11) is 0. The van der Waals surface area contributed by atoms with Crippen LogP contribution in [0.15, 0.2) is 134 Å². The lowest BCUT2D eigenvalue weighted by Gasteiger charge is -2.18. The SMILES string of the molecule is CC/C=C\C/C=C\C/C=C\C/C=C\C/C=C\C/C=C\C/C=C\CCCC(=O)OCC(COC(=O)CCCCCCC)OC(=O)CCCC/C=C\C/C=C\C/C=C\C/C=C\CC. The standard InChI is InChI=1S/C55H84O6/c1-4-7-10-13-15-17-19-21-23-24-25-26-27-28-29-30-32-33-35-37-39-42-45-48-54(57)60-51-52(50-59-53(56)47-44-41-12-9-6-3)61-55(58)49-46-43-40-38-36-34-31-22-20-18-16-14-11-8-5-2/h7-8,10-11,15-18,21-23,25-26,28-29,31-33,36-39,52H,4-6,9,12-14,19-20,24,27,30,34-35,40-51H2,1-3H3/b10-7-,11-8-,17-15-,18-16-,23-21-,26-25-,29-28-,31-22-,33-32-,38-36-,39-37-. The molecule has 0 radical (unpaired) electrons. The Bertz CT molecular complexity index is 1380. The van der Waals surface area contributed by atoms with Gasteiger partial charge in [-0.05, 0) is 109 Å². The van der Waals surface area contributed by atoms with Crippen molar-refractivity contribution in [1.82, 2.24) is 0 Å². The lowest BCUT2D eigenvalue weighted by Crippen LogP contribution is -2.30. The van der Waals surface area contributed by atoms with Crippen LogP contribution in [0.1, 0.15) is 175 Å². The van der Waals surface area contributed by atoms with Crippen molar-refractivity contribution in [2.24, 2.45) is 0 Å². The van der Waals surface area contributed by atoms with Crippen LogP contribution in [0, 0.1) is 0 Å². The maximum atomic E-state index is 12.7. The van der Waals surface area contributed by atoms with Gasteiger partial charge < -0.3 is 14.2 Å². The minimum atomic E-state index is -0.823. The molecule has 0 aromatic carbocycles. The molecule has 6 nitrogen and oxygen atoms in total. The van der Waals surface area contributed by atoms with Crippen molar-refractivity contribution in [3.8, 4) is 0 Å². The summed E-state index contributed by atoms with van der Waals surface area (Å²) < 4.78 is 16.5. The van der Waals surface area contributed by atoms with Crippen molar-refractivity contribution in [1.29, 1.82) is 0 Å². The minimum absolute atomic E-state index is 0.119. The van der Waals surface area contributed by atoms with Gasteiger partial charge in [-0.1, -0.05) is 180 Å². The molecule has 0 heterocycles. The smallest absolute Gasteiger partial charge is 0.306 e. The third-order valence-corrected chi connectivity index (χ3v) is 9.15. The fourth-order valence-corrected chi connectivity index (χ4v) is 5.65. The average Bonchev–Trinajstić information content (AvgIpc) is 3.26. The van der Waals surface area contributed by atoms with Crippen molar-refractivity contribution >= 4 is 17.9 Å². The Morgan fingerprint density at radius 1 is 0.344 bits per heavy atom. The van der Waals surface area contributed by atoms with Crippen LogP contribution in [-0.2, 0) is 28.6 Å². The second-order valence-electron chi connectivity index (χ2n) is 14.9. The van der Waals surface area contributed by atoms with Crippen LogP contribution >= 0.6 is 0 Å². The third kappa shape index (κ3) is 46.5. The van der Waals surface area contributed by atoms with Gasteiger partial charge in [-0.15, -0.1) is 0 Å². The fraction of sp³-hybridized carbons (Fsp3) is 0.545. The molecule has 0 aliphatic carbocycles. The molecule has 6 heteroatoms. The van der Waals surface area contributed by atoms with E-state index in [-0.39, 0.29) is 44.0 Å². The van der Waals surface area contributed by atoms with Gasteiger partial charge in [0.15, 0.2) is 6.10 Å². The highest BCUT2D eigenvalue weighted by Gasteiger charge is 2.19. The molecule has 0 saturated carbocycles. The second kappa shape index (κ2) is 48.2. The van der Waals surface area contributed by atoms with Gasteiger partial charge in [-0.3, -0.25) is 14.4 Å². The molecule has 0 amide bonds. The molecule has 1 atom stereocenters. The molecule has 0 fully saturated rings. The van der Waals surface area contributed by atoms with E-state index in [0.717, 1.165) is 122 Å². The maximum Gasteiger partial charge on any atom is 0.306 e. The topological polar surface area (TPSA) is 78.9 Å². The predicted octanol–water partition coefficient (Wildman–Crippen LogP) is 15.5. The largest absolute Gasteiger partial charge is 0.462 e. The highest BCUT2D eigenvalue weighted by atomic mass is 16.6. The molecule has 0 aliphatic rings. The third-order valence-electron chi connectivity index (χ3n) is 9.15. The van der Waals surface area contributed by atoms with E-state index in [9.17, 15) is 14.4 Å². The van der Waals surface area contributed by atoms with Crippen LogP contribution in [0.2, 0.25) is 0 Å². The van der Waals surface area contributed by atoms with E-state index < -0.39 is 6.10 Å². The zero-order valence-corrected chi connectivity index (χ0v) is 38.6. The molecule has 0 rings (SSSR count). The molecule has 0 aromatic rings. The number of esters is 3. The van der Waals surface area contributed by atoms with Gasteiger partial charge in [0.1, 0.15) is 13.2 Å². The van der Waals surface area contributed by atoms with Gasteiger partial charge in [0, 0.05) is 19.3 Å². The van der Waals surface area contributed by atoms with Crippen LogP contribution in [-0.4, -0.2) is 37.2 Å². The second-order valence-corrected chi connectivity index (χ2v) is 14.9. The average molecular weight is 841 g/mol. The lowest BCUT2D eigenvalue weighted by atomic mass is 10.1. The summed E-state index contributed by atoms with van der Waals surface area (Å²) in [6.45, 7) is 6.20. The molecule has 0 aliphatic heterocycles. The van der Waals surface area contributed by atoms with E-state index in [1.54, 1.807) is 0 Å². The Labute approximate surface area is 373 Å². The number of carbonyl (C=O) groups is 3. The molecule has 0 aromatic heterocycles. The van der Waals surface area contributed by atoms with E-state index in [1.807, 2.05) is 0 Å². The zero-order chi connectivity index (χ0) is 44.4. The van der Waals surface area contributed by atoms with E-state index >= 15 is 0 Å². The quantitative estimate of drug-likeness (QED) is 0.0265. The lowest BCUT2D eigenvalue weighted by molar-refractivity contribution is -0.167. The first-order valence-electron chi connectivity index (χ1n) is 23.7. The Balaban J connectivity index is 4.39. The van der Waals surface area contributed by atoms with Gasteiger partial charge in [0.2, 0.25) is 0 Å². The van der Waals surface area contributed by atoms with E-state index in [2.05, 4.69) is 154 Å². The van der Waals surface area contributed by atoms with Gasteiger partial charge in [-0.25, -0.2) is 0 Å². The van der Waals surface area contributed by atoms with Crippen molar-refractivity contribution in [3.63, 3.8) is 0 Å². The normalized spacial score (nSPS) is 13.3. The molecule has 0 saturated heterocycles. The molecule has 0 spiro atoms. The fourth-order valence-electron chi connectivity index (χ4n) is 5.65. The highest BCUT2D eigenvalue weighted by molar-refractivity contribution is 5.71. The molecule has 0 N–H and O–H groups in total. The van der Waals surface area contributed by atoms with Crippen LogP contribution < -0.4 is 0 Å². The molecule has 61 heavy (non-hydrogen) atoms. The number of hydrogen-bond donors (Lipinski definition) is 0. The summed E-state index contributed by atoms with van der Waals surface area (Å²) in [5, 5.41) is 0.